The van der Waals surface area contributed by atoms with Crippen molar-refractivity contribution < 1.29 is 9.53 Å². The fraction of sp³-hybridized carbons (Fsp3) is 0.909. The molecule has 2 rings (SSSR count). The van der Waals surface area contributed by atoms with Crippen molar-refractivity contribution in [2.75, 3.05) is 26.7 Å². The van der Waals surface area contributed by atoms with Crippen molar-refractivity contribution in [3.63, 3.8) is 0 Å². The Kier molecular flexibility index (Phi) is 3.87. The van der Waals surface area contributed by atoms with Crippen molar-refractivity contribution >= 4 is 18.3 Å². The van der Waals surface area contributed by atoms with Crippen molar-refractivity contribution in [1.82, 2.24) is 4.90 Å². The number of nitrogens with zero attached hydrogens (tertiary/aromatic N) is 1. The van der Waals surface area contributed by atoms with Gasteiger partial charge in [-0.1, -0.05) is 13.8 Å². The van der Waals surface area contributed by atoms with E-state index >= 15 is 0 Å². The number of rotatable bonds is 3. The lowest BCUT2D eigenvalue weighted by atomic mass is 10.1. The van der Waals surface area contributed by atoms with E-state index in [0.29, 0.717) is 17.3 Å². The fourth-order valence-corrected chi connectivity index (χ4v) is 2.81. The normalized spacial score (nSPS) is 31.6. The largest absolute Gasteiger partial charge is 0.370 e. The highest BCUT2D eigenvalue weighted by atomic mass is 35.5. The monoisotopic (exact) mass is 248 g/mol. The highest BCUT2D eigenvalue weighted by molar-refractivity contribution is 5.85. The molecule has 1 amide bonds. The number of nitrogens with two attached hydrogens (primary N) is 1. The molecule has 1 saturated carbocycles. The summed E-state index contributed by atoms with van der Waals surface area (Å²) in [7, 11) is 1.54. The number of likely N-dealkylation sites (tertiary alicyclic amines) is 1. The summed E-state index contributed by atoms with van der Waals surface area (Å²) in [5.41, 5.74) is 5.92. The lowest BCUT2D eigenvalue weighted by molar-refractivity contribution is -0.141. The minimum Gasteiger partial charge on any atom is -0.370 e. The Bertz CT molecular complexity index is 265. The van der Waals surface area contributed by atoms with E-state index in [1.165, 1.54) is 7.11 Å². The molecule has 2 aliphatic rings. The molecule has 1 saturated heterocycles. The Morgan fingerprint density at radius 2 is 2.00 bits per heavy atom. The zero-order chi connectivity index (χ0) is 11.2. The molecule has 2 N–H and O–H groups in total. The van der Waals surface area contributed by atoms with E-state index in [0.717, 1.165) is 13.1 Å². The van der Waals surface area contributed by atoms with Crippen LogP contribution in [0.4, 0.5) is 0 Å². The summed E-state index contributed by atoms with van der Waals surface area (Å²) in [5, 5.41) is 0. The number of halogens is 1. The molecule has 1 aliphatic carbocycles. The maximum absolute atomic E-state index is 11.9. The van der Waals surface area contributed by atoms with Crippen molar-refractivity contribution in [1.29, 1.82) is 0 Å². The van der Waals surface area contributed by atoms with E-state index < -0.39 is 6.10 Å². The Labute approximate surface area is 103 Å². The number of methoxy groups -OCH3 is 1. The fourth-order valence-electron chi connectivity index (χ4n) is 2.81. The second-order valence-electron chi connectivity index (χ2n) is 5.24. The summed E-state index contributed by atoms with van der Waals surface area (Å²) in [6.45, 7) is 6.60. The number of carbonyl (C=O) groups is 1. The standard InChI is InChI=1S/C11H20N2O2.ClH/c1-11(2)7-5-13(6-8(7)11)10(14)9(4-12)15-3;/h7-9H,4-6,12H2,1-3H3;1H. The van der Waals surface area contributed by atoms with Crippen LogP contribution in [-0.4, -0.2) is 43.7 Å². The predicted octanol–water partition coefficient (Wildman–Crippen LogP) is 0.496. The van der Waals surface area contributed by atoms with E-state index in [9.17, 15) is 4.79 Å². The molecule has 3 atom stereocenters. The van der Waals surface area contributed by atoms with Crippen LogP contribution < -0.4 is 5.73 Å². The summed E-state index contributed by atoms with van der Waals surface area (Å²) in [6.07, 6.45) is -0.453. The lowest BCUT2D eigenvalue weighted by Crippen LogP contribution is -2.44. The SMILES string of the molecule is COC(CN)C(=O)N1CC2C(C1)C2(C)C.Cl. The lowest BCUT2D eigenvalue weighted by Gasteiger charge is -2.25. The van der Waals surface area contributed by atoms with Crippen LogP contribution in [-0.2, 0) is 9.53 Å². The van der Waals surface area contributed by atoms with Gasteiger partial charge in [-0.2, -0.15) is 0 Å². The van der Waals surface area contributed by atoms with Crippen LogP contribution in [0.1, 0.15) is 13.8 Å². The van der Waals surface area contributed by atoms with Crippen LogP contribution in [0.15, 0.2) is 0 Å². The molecule has 0 aromatic carbocycles. The molecular weight excluding hydrogens is 228 g/mol. The second kappa shape index (κ2) is 4.51. The average molecular weight is 249 g/mol. The summed E-state index contributed by atoms with van der Waals surface area (Å²) in [6, 6.07) is 0. The first kappa shape index (κ1) is 13.7. The van der Waals surface area contributed by atoms with Crippen molar-refractivity contribution in [3.8, 4) is 0 Å². The first-order valence-corrected chi connectivity index (χ1v) is 5.54. The van der Waals surface area contributed by atoms with E-state index in [1.807, 2.05) is 4.90 Å². The van der Waals surface area contributed by atoms with Crippen LogP contribution in [0.5, 0.6) is 0 Å². The Morgan fingerprint density at radius 1 is 1.50 bits per heavy atom. The summed E-state index contributed by atoms with van der Waals surface area (Å²) < 4.78 is 5.06. The number of hydrogen-bond acceptors (Lipinski definition) is 3. The molecule has 4 nitrogen and oxygen atoms in total. The zero-order valence-electron chi connectivity index (χ0n) is 10.1. The van der Waals surface area contributed by atoms with Gasteiger partial charge in [0.1, 0.15) is 6.10 Å². The molecule has 3 unspecified atom stereocenters. The average Bonchev–Trinajstić information content (AvgIpc) is 2.62. The van der Waals surface area contributed by atoms with Crippen molar-refractivity contribution in [2.24, 2.45) is 23.0 Å². The zero-order valence-corrected chi connectivity index (χ0v) is 10.9. The molecule has 0 bridgehead atoms. The van der Waals surface area contributed by atoms with Gasteiger partial charge < -0.3 is 15.4 Å². The van der Waals surface area contributed by atoms with Crippen molar-refractivity contribution in [3.05, 3.63) is 0 Å². The topological polar surface area (TPSA) is 55.6 Å². The van der Waals surface area contributed by atoms with Crippen LogP contribution in [0.3, 0.4) is 0 Å². The van der Waals surface area contributed by atoms with E-state index in [4.69, 9.17) is 10.5 Å². The Balaban J connectivity index is 0.00000128. The molecule has 94 valence electrons. The van der Waals surface area contributed by atoms with E-state index in [2.05, 4.69) is 13.8 Å². The molecule has 0 aromatic heterocycles. The van der Waals surface area contributed by atoms with Crippen LogP contribution in [0.25, 0.3) is 0 Å². The molecule has 0 aromatic rings. The summed E-state index contributed by atoms with van der Waals surface area (Å²) in [4.78, 5) is 13.8. The third-order valence-corrected chi connectivity index (χ3v) is 4.21. The van der Waals surface area contributed by atoms with Gasteiger partial charge in [0.2, 0.25) is 0 Å². The number of amides is 1. The highest BCUT2D eigenvalue weighted by Gasteiger charge is 2.62. The van der Waals surface area contributed by atoms with Gasteiger partial charge in [-0.05, 0) is 17.3 Å². The number of hydrogen-bond donors (Lipinski definition) is 1. The molecule has 0 radical (unpaired) electrons. The quantitative estimate of drug-likeness (QED) is 0.791. The summed E-state index contributed by atoms with van der Waals surface area (Å²) in [5.74, 6) is 1.44. The first-order chi connectivity index (χ1) is 7.02. The van der Waals surface area contributed by atoms with E-state index in [1.54, 1.807) is 0 Å². The van der Waals surface area contributed by atoms with Gasteiger partial charge in [0, 0.05) is 26.7 Å². The molecule has 16 heavy (non-hydrogen) atoms. The number of fused-ring (bicyclic) bond motifs is 1. The smallest absolute Gasteiger partial charge is 0.253 e. The first-order valence-electron chi connectivity index (χ1n) is 5.54. The van der Waals surface area contributed by atoms with Crippen LogP contribution in [0.2, 0.25) is 0 Å². The van der Waals surface area contributed by atoms with Gasteiger partial charge in [-0.3, -0.25) is 4.79 Å². The Morgan fingerprint density at radius 3 is 2.38 bits per heavy atom. The van der Waals surface area contributed by atoms with Gasteiger partial charge in [0.05, 0.1) is 0 Å². The number of piperidine rings is 1. The molecule has 0 spiro atoms. The van der Waals surface area contributed by atoms with Crippen LogP contribution >= 0.6 is 12.4 Å². The Hall–Kier alpha value is -0.320. The highest BCUT2D eigenvalue weighted by Crippen LogP contribution is 2.61. The maximum Gasteiger partial charge on any atom is 0.253 e. The summed E-state index contributed by atoms with van der Waals surface area (Å²) >= 11 is 0. The molecule has 5 heteroatoms. The minimum absolute atomic E-state index is 0. The van der Waals surface area contributed by atoms with Gasteiger partial charge >= 0.3 is 0 Å². The molecule has 1 aliphatic heterocycles. The van der Waals surface area contributed by atoms with Crippen molar-refractivity contribution in [2.45, 2.75) is 20.0 Å². The molecule has 1 heterocycles. The van der Waals surface area contributed by atoms with E-state index in [-0.39, 0.29) is 24.9 Å². The second-order valence-corrected chi connectivity index (χ2v) is 5.24. The molecular formula is C11H21ClN2O2. The minimum atomic E-state index is -0.453. The third kappa shape index (κ3) is 1.94. The predicted molar refractivity (Wildman–Crippen MR) is 64.4 cm³/mol. The maximum atomic E-state index is 11.9. The van der Waals surface area contributed by atoms with Crippen LogP contribution in [0, 0.1) is 17.3 Å². The number of ether oxygens (including phenoxy) is 1. The molecule has 2 fully saturated rings. The number of carbonyl (C=O) groups excluding carboxylic acids is 1. The van der Waals surface area contributed by atoms with Gasteiger partial charge in [-0.15, -0.1) is 12.4 Å². The van der Waals surface area contributed by atoms with Gasteiger partial charge in [-0.25, -0.2) is 0 Å². The van der Waals surface area contributed by atoms with Gasteiger partial charge in [0.25, 0.3) is 5.91 Å². The third-order valence-electron chi connectivity index (χ3n) is 4.21. The van der Waals surface area contributed by atoms with Gasteiger partial charge in [0.15, 0.2) is 0 Å².